The third kappa shape index (κ3) is 8.82. The first kappa shape index (κ1) is 30.7. The summed E-state index contributed by atoms with van der Waals surface area (Å²) in [4.78, 5) is 0. The molecule has 0 saturated carbocycles. The van der Waals surface area contributed by atoms with E-state index in [1.54, 1.807) is 0 Å². The van der Waals surface area contributed by atoms with Crippen LogP contribution in [0.5, 0.6) is 0 Å². The molecule has 0 aliphatic rings. The SMILES string of the molecule is [AlH3].[Nb].[SiH4].[Y]. The summed E-state index contributed by atoms with van der Waals surface area (Å²) < 4.78 is 0. The zero-order chi connectivity index (χ0) is 0. The van der Waals surface area contributed by atoms with Crippen LogP contribution < -0.4 is 0 Å². The Morgan fingerprint density at radius 2 is 1.00 bits per heavy atom. The normalized spacial score (nSPS) is 0. The predicted molar refractivity (Wildman–Crippen MR) is 21.3 cm³/mol. The minimum absolute atomic E-state index is 0. The standard InChI is InChI=1S/Al.Nb.H4Si.Y.3H/h;;1H4;;;;. The zero-order valence-electron chi connectivity index (χ0n) is 1.02. The molecule has 0 amide bonds. The minimum Gasteiger partial charge on any atom is -0.0149 e. The van der Waals surface area contributed by atoms with Crippen molar-refractivity contribution in [2.24, 2.45) is 0 Å². The van der Waals surface area contributed by atoms with Crippen LogP contribution in [0.3, 0.4) is 0 Å². The van der Waals surface area contributed by atoms with Crippen molar-refractivity contribution in [2.45, 2.75) is 0 Å². The Bertz CT molecular complexity index is 8.00. The van der Waals surface area contributed by atoms with E-state index in [1.807, 2.05) is 0 Å². The molecule has 0 aromatic carbocycles. The monoisotopic (exact) mass is 244 g/mol. The molecule has 0 saturated heterocycles. The molecule has 0 aromatic heterocycles. The van der Waals surface area contributed by atoms with Gasteiger partial charge < -0.3 is 0 Å². The quantitative estimate of drug-likeness (QED) is 0.409. The second kappa shape index (κ2) is 17.5. The predicted octanol–water partition coefficient (Wildman–Crippen LogP) is -2.64. The van der Waals surface area contributed by atoms with E-state index in [0.29, 0.717) is 0 Å². The molecule has 0 unspecified atom stereocenters. The van der Waals surface area contributed by atoms with Crippen LogP contribution in [-0.4, -0.2) is 28.3 Å². The zero-order valence-corrected chi connectivity index (χ0v) is 6.06. The first-order chi connectivity index (χ1) is 0. The minimum atomic E-state index is 0. The van der Waals surface area contributed by atoms with Crippen LogP contribution in [0.2, 0.25) is 0 Å². The van der Waals surface area contributed by atoms with Crippen LogP contribution in [0.4, 0.5) is 0 Å². The van der Waals surface area contributed by atoms with Crippen molar-refractivity contribution in [3.8, 4) is 0 Å². The molecule has 0 nitrogen and oxygen atoms in total. The largest absolute Gasteiger partial charge is 0.187 e. The molecule has 0 aliphatic heterocycles. The second-order valence-corrected chi connectivity index (χ2v) is 0. The first-order valence-electron chi connectivity index (χ1n) is 0. The molecule has 4 heavy (non-hydrogen) atoms. The molecular weight excluding hydrogens is 237 g/mol. The van der Waals surface area contributed by atoms with Gasteiger partial charge in [-0.3, -0.25) is 0 Å². The van der Waals surface area contributed by atoms with Crippen LogP contribution in [0.1, 0.15) is 0 Å². The Hall–Kier alpha value is 2.59. The molecule has 0 bridgehead atoms. The van der Waals surface area contributed by atoms with Crippen molar-refractivity contribution in [2.75, 3.05) is 0 Å². The maximum absolute atomic E-state index is 0. The summed E-state index contributed by atoms with van der Waals surface area (Å²) in [6, 6.07) is 0. The molecule has 0 N–H and O–H groups in total. The van der Waals surface area contributed by atoms with Crippen molar-refractivity contribution < 1.29 is 55.1 Å². The van der Waals surface area contributed by atoms with Gasteiger partial charge in [-0.05, 0) is 11.0 Å². The fourth-order valence-corrected chi connectivity index (χ4v) is 0. The maximum Gasteiger partial charge on any atom is 0.187 e. The number of rotatable bonds is 0. The van der Waals surface area contributed by atoms with E-state index in [9.17, 15) is 0 Å². The number of hydrogen-bond acceptors (Lipinski definition) is 0. The van der Waals surface area contributed by atoms with Crippen molar-refractivity contribution in [3.05, 3.63) is 0 Å². The number of hydrogen-bond donors (Lipinski definition) is 0. The fourth-order valence-electron chi connectivity index (χ4n) is 0. The maximum atomic E-state index is 0. The van der Waals surface area contributed by atoms with E-state index in [-0.39, 0.29) is 83.4 Å². The molecule has 4 heteroatoms. The molecule has 0 heterocycles. The molecule has 0 aromatic rings. The van der Waals surface area contributed by atoms with Crippen molar-refractivity contribution >= 4 is 28.3 Å². The van der Waals surface area contributed by atoms with Gasteiger partial charge in [-0.15, -0.1) is 0 Å². The van der Waals surface area contributed by atoms with E-state index in [0.717, 1.165) is 0 Å². The summed E-state index contributed by atoms with van der Waals surface area (Å²) in [7, 11) is 0. The Balaban J connectivity index is 0. The smallest absolute Gasteiger partial charge is 0.0149 e. The van der Waals surface area contributed by atoms with E-state index in [4.69, 9.17) is 0 Å². The molecule has 0 rings (SSSR count). The Morgan fingerprint density at radius 3 is 1.00 bits per heavy atom. The van der Waals surface area contributed by atoms with Gasteiger partial charge in [0.2, 0.25) is 0 Å². The summed E-state index contributed by atoms with van der Waals surface area (Å²) in [6.07, 6.45) is 0. The molecular formula is H7AlNbSiY. The third-order valence-electron chi connectivity index (χ3n) is 0. The fraction of sp³-hybridized carbons (Fsp3) is 0. The second-order valence-electron chi connectivity index (χ2n) is 0. The Kier molecular flexibility index (Phi) is 135. The first-order valence-corrected chi connectivity index (χ1v) is 0. The third-order valence-corrected chi connectivity index (χ3v) is 0. The van der Waals surface area contributed by atoms with Gasteiger partial charge in [0.1, 0.15) is 0 Å². The van der Waals surface area contributed by atoms with Gasteiger partial charge in [0, 0.05) is 55.1 Å². The van der Waals surface area contributed by atoms with E-state index >= 15 is 0 Å². The van der Waals surface area contributed by atoms with Gasteiger partial charge in [0.15, 0.2) is 17.4 Å². The summed E-state index contributed by atoms with van der Waals surface area (Å²) in [5.41, 5.74) is 0. The van der Waals surface area contributed by atoms with Crippen LogP contribution in [0.25, 0.3) is 0 Å². The Morgan fingerprint density at radius 1 is 1.00 bits per heavy atom. The van der Waals surface area contributed by atoms with Crippen LogP contribution >= 0.6 is 0 Å². The van der Waals surface area contributed by atoms with E-state index in [1.165, 1.54) is 0 Å². The summed E-state index contributed by atoms with van der Waals surface area (Å²) in [5, 5.41) is 0. The van der Waals surface area contributed by atoms with E-state index < -0.39 is 0 Å². The molecule has 2 radical (unpaired) electrons. The molecule has 0 atom stereocenters. The average Bonchev–Trinajstić information content (AvgIpc) is 0. The molecule has 0 spiro atoms. The molecule has 0 aliphatic carbocycles. The van der Waals surface area contributed by atoms with Gasteiger partial charge in [-0.25, -0.2) is 0 Å². The summed E-state index contributed by atoms with van der Waals surface area (Å²) in [5.74, 6) is 0. The van der Waals surface area contributed by atoms with Crippen LogP contribution in [0.15, 0.2) is 0 Å². The Labute approximate surface area is 82.0 Å². The van der Waals surface area contributed by atoms with Crippen LogP contribution in [-0.2, 0) is 55.1 Å². The van der Waals surface area contributed by atoms with Crippen molar-refractivity contribution in [3.63, 3.8) is 0 Å². The average molecular weight is 244 g/mol. The van der Waals surface area contributed by atoms with Gasteiger partial charge in [0.05, 0.1) is 0 Å². The van der Waals surface area contributed by atoms with E-state index in [2.05, 4.69) is 0 Å². The van der Waals surface area contributed by atoms with Gasteiger partial charge in [-0.2, -0.15) is 0 Å². The van der Waals surface area contributed by atoms with Gasteiger partial charge in [0.25, 0.3) is 0 Å². The van der Waals surface area contributed by atoms with Crippen molar-refractivity contribution in [1.82, 2.24) is 0 Å². The van der Waals surface area contributed by atoms with Gasteiger partial charge >= 0.3 is 0 Å². The topological polar surface area (TPSA) is 0 Å². The summed E-state index contributed by atoms with van der Waals surface area (Å²) >= 11 is 0. The summed E-state index contributed by atoms with van der Waals surface area (Å²) in [6.45, 7) is 0. The molecule has 0 fully saturated rings. The van der Waals surface area contributed by atoms with Crippen LogP contribution in [0, 0.1) is 0 Å². The van der Waals surface area contributed by atoms with Gasteiger partial charge in [-0.1, -0.05) is 0 Å². The van der Waals surface area contributed by atoms with Crippen molar-refractivity contribution in [1.29, 1.82) is 0 Å². The molecule has 22 valence electrons.